The summed E-state index contributed by atoms with van der Waals surface area (Å²) in [7, 11) is -2.53. The van der Waals surface area contributed by atoms with Gasteiger partial charge < -0.3 is 19.4 Å². The fraction of sp³-hybridized carbons (Fsp3) is 0.190. The third-order valence-corrected chi connectivity index (χ3v) is 5.34. The van der Waals surface area contributed by atoms with Gasteiger partial charge in [0, 0.05) is 30.0 Å². The van der Waals surface area contributed by atoms with Crippen molar-refractivity contribution in [3.05, 3.63) is 72.6 Å². The molecule has 7 nitrogen and oxygen atoms in total. The van der Waals surface area contributed by atoms with Gasteiger partial charge in [0.2, 0.25) is 0 Å². The minimum absolute atomic E-state index is 0.0144. The second-order valence-corrected chi connectivity index (χ2v) is 7.96. The van der Waals surface area contributed by atoms with Crippen LogP contribution in [0.3, 0.4) is 0 Å². The number of nitrogens with zero attached hydrogens (tertiary/aromatic N) is 1. The predicted molar refractivity (Wildman–Crippen MR) is 109 cm³/mol. The maximum atomic E-state index is 12.6. The Balaban J connectivity index is 1.70. The van der Waals surface area contributed by atoms with Crippen molar-refractivity contribution in [3.8, 4) is 17.2 Å². The molecule has 0 saturated carbocycles. The molecule has 0 aliphatic heterocycles. The molecule has 1 heterocycles. The Morgan fingerprint density at radius 2 is 1.69 bits per heavy atom. The molecule has 0 unspecified atom stereocenters. The third-order valence-electron chi connectivity index (χ3n) is 4.10. The molecule has 29 heavy (non-hydrogen) atoms. The summed E-state index contributed by atoms with van der Waals surface area (Å²) in [6.45, 7) is 2.86. The maximum Gasteiger partial charge on any atom is 0.339 e. The molecule has 2 N–H and O–H groups in total. The molecule has 152 valence electrons. The molecular formula is C21H23N2O5S+. The second-order valence-electron chi connectivity index (χ2n) is 6.42. The van der Waals surface area contributed by atoms with Gasteiger partial charge in [-0.15, -0.1) is 0 Å². The molecule has 0 amide bonds. The number of aromatic nitrogens is 1. The van der Waals surface area contributed by atoms with Crippen LogP contribution in [-0.4, -0.2) is 22.1 Å². The minimum atomic E-state index is -4.00. The summed E-state index contributed by atoms with van der Waals surface area (Å²) < 4.78 is 43.3. The highest BCUT2D eigenvalue weighted by molar-refractivity contribution is 7.87. The maximum absolute atomic E-state index is 12.6. The first-order valence-corrected chi connectivity index (χ1v) is 10.3. The summed E-state index contributed by atoms with van der Waals surface area (Å²) >= 11 is 0. The topological polar surface area (TPSA) is 91.7 Å². The Labute approximate surface area is 170 Å². The number of anilines is 1. The van der Waals surface area contributed by atoms with Gasteiger partial charge in [-0.05, 0) is 36.8 Å². The largest absolute Gasteiger partial charge is 0.497 e. The number of nitrogens with two attached hydrogens (primary N) is 1. The monoisotopic (exact) mass is 415 g/mol. The number of methoxy groups -OCH3 is 1. The molecule has 0 spiro atoms. The third kappa shape index (κ3) is 5.61. The van der Waals surface area contributed by atoms with Crippen molar-refractivity contribution in [2.24, 2.45) is 0 Å². The van der Waals surface area contributed by atoms with E-state index in [1.165, 1.54) is 19.2 Å². The van der Waals surface area contributed by atoms with Gasteiger partial charge in [-0.3, -0.25) is 0 Å². The number of hydrogen-bond donors (Lipinski definition) is 1. The van der Waals surface area contributed by atoms with Crippen LogP contribution in [0.4, 0.5) is 5.69 Å². The lowest BCUT2D eigenvalue weighted by Crippen LogP contribution is -2.35. The van der Waals surface area contributed by atoms with Crippen LogP contribution < -0.4 is 24.0 Å². The van der Waals surface area contributed by atoms with Crippen molar-refractivity contribution in [2.75, 3.05) is 19.5 Å². The lowest BCUT2D eigenvalue weighted by atomic mass is 10.2. The zero-order valence-electron chi connectivity index (χ0n) is 16.2. The van der Waals surface area contributed by atoms with Gasteiger partial charge in [-0.2, -0.15) is 8.42 Å². The molecule has 0 saturated heterocycles. The standard InChI is InChI=1S/C21H22N2O5S/c1-16-12-19(27-11-10-23-8-6-17(22)7-9-23)14-20(13-16)28-29(24,25)21-5-3-4-18(15-21)26-2/h3-9,12-15,22H,10-11H2,1-2H3/p+1. The number of rotatable bonds is 8. The predicted octanol–water partition coefficient (Wildman–Crippen LogP) is 2.72. The summed E-state index contributed by atoms with van der Waals surface area (Å²) in [5, 5.41) is 0. The zero-order chi connectivity index (χ0) is 20.9. The number of nitrogen functional groups attached to an aromatic ring is 1. The van der Waals surface area contributed by atoms with E-state index in [4.69, 9.17) is 19.4 Å². The van der Waals surface area contributed by atoms with E-state index < -0.39 is 10.1 Å². The number of ether oxygens (including phenoxy) is 2. The van der Waals surface area contributed by atoms with Gasteiger partial charge in [-0.1, -0.05) is 6.07 Å². The van der Waals surface area contributed by atoms with E-state index in [1.807, 2.05) is 42.1 Å². The highest BCUT2D eigenvalue weighted by Gasteiger charge is 2.18. The van der Waals surface area contributed by atoms with Crippen LogP contribution in [0, 0.1) is 6.92 Å². The summed E-state index contributed by atoms with van der Waals surface area (Å²) in [6, 6.07) is 14.7. The molecule has 0 radical (unpaired) electrons. The fourth-order valence-corrected chi connectivity index (χ4v) is 3.62. The molecule has 0 fully saturated rings. The van der Waals surface area contributed by atoms with Crippen LogP contribution in [0.15, 0.2) is 71.9 Å². The number of pyridine rings is 1. The molecule has 2 aromatic carbocycles. The smallest absolute Gasteiger partial charge is 0.339 e. The van der Waals surface area contributed by atoms with Crippen LogP contribution in [-0.2, 0) is 16.7 Å². The fourth-order valence-electron chi connectivity index (χ4n) is 2.66. The van der Waals surface area contributed by atoms with Crippen molar-refractivity contribution in [2.45, 2.75) is 18.4 Å². The number of benzene rings is 2. The Morgan fingerprint density at radius 1 is 0.966 bits per heavy atom. The molecule has 8 heteroatoms. The SMILES string of the molecule is COc1cccc(S(=O)(=O)Oc2cc(C)cc(OCC[n+]3ccc(N)cc3)c2)c1. The van der Waals surface area contributed by atoms with E-state index in [1.54, 1.807) is 24.3 Å². The van der Waals surface area contributed by atoms with E-state index in [0.29, 0.717) is 30.3 Å². The highest BCUT2D eigenvalue weighted by Crippen LogP contribution is 2.26. The van der Waals surface area contributed by atoms with E-state index in [9.17, 15) is 8.42 Å². The quantitative estimate of drug-likeness (QED) is 0.449. The first-order valence-electron chi connectivity index (χ1n) is 8.93. The van der Waals surface area contributed by atoms with Crippen molar-refractivity contribution in [3.63, 3.8) is 0 Å². The number of hydrogen-bond acceptors (Lipinski definition) is 6. The number of aryl methyl sites for hydroxylation is 1. The van der Waals surface area contributed by atoms with E-state index in [-0.39, 0.29) is 10.6 Å². The molecule has 1 aromatic heterocycles. The van der Waals surface area contributed by atoms with Crippen LogP contribution in [0.2, 0.25) is 0 Å². The van der Waals surface area contributed by atoms with Crippen molar-refractivity contribution in [1.29, 1.82) is 0 Å². The van der Waals surface area contributed by atoms with Gasteiger partial charge in [0.25, 0.3) is 0 Å². The Morgan fingerprint density at radius 3 is 2.41 bits per heavy atom. The lowest BCUT2D eigenvalue weighted by molar-refractivity contribution is -0.697. The molecule has 0 aliphatic carbocycles. The first kappa shape index (κ1) is 20.5. The Kier molecular flexibility index (Phi) is 6.23. The zero-order valence-corrected chi connectivity index (χ0v) is 17.1. The highest BCUT2D eigenvalue weighted by atomic mass is 32.2. The normalized spacial score (nSPS) is 11.1. The summed E-state index contributed by atoms with van der Waals surface area (Å²) in [6.07, 6.45) is 3.73. The molecule has 0 bridgehead atoms. The summed E-state index contributed by atoms with van der Waals surface area (Å²) in [5.41, 5.74) is 7.19. The molecule has 3 aromatic rings. The lowest BCUT2D eigenvalue weighted by Gasteiger charge is -2.11. The first-order chi connectivity index (χ1) is 13.9. The minimum Gasteiger partial charge on any atom is -0.497 e. The van der Waals surface area contributed by atoms with Crippen LogP contribution >= 0.6 is 0 Å². The second kappa shape index (κ2) is 8.83. The molecular weight excluding hydrogens is 392 g/mol. The van der Waals surface area contributed by atoms with Crippen LogP contribution in [0.1, 0.15) is 5.56 Å². The molecule has 0 atom stereocenters. The van der Waals surface area contributed by atoms with Gasteiger partial charge in [-0.25, -0.2) is 4.57 Å². The average molecular weight is 415 g/mol. The van der Waals surface area contributed by atoms with Crippen LogP contribution in [0.5, 0.6) is 17.2 Å². The summed E-state index contributed by atoms with van der Waals surface area (Å²) in [4.78, 5) is 0.0144. The van der Waals surface area contributed by atoms with Crippen LogP contribution in [0.25, 0.3) is 0 Å². The molecule has 3 rings (SSSR count). The Hall–Kier alpha value is -3.26. The van der Waals surface area contributed by atoms with E-state index >= 15 is 0 Å². The van der Waals surface area contributed by atoms with E-state index in [2.05, 4.69) is 0 Å². The van der Waals surface area contributed by atoms with Crippen molar-refractivity contribution >= 4 is 15.8 Å². The average Bonchev–Trinajstić information content (AvgIpc) is 2.69. The van der Waals surface area contributed by atoms with Gasteiger partial charge in [0.15, 0.2) is 18.9 Å². The molecule has 0 aliphatic rings. The van der Waals surface area contributed by atoms with Crippen molar-refractivity contribution < 1.29 is 26.6 Å². The van der Waals surface area contributed by atoms with Gasteiger partial charge in [0.05, 0.1) is 7.11 Å². The summed E-state index contributed by atoms with van der Waals surface area (Å²) in [5.74, 6) is 1.14. The van der Waals surface area contributed by atoms with E-state index in [0.717, 1.165) is 5.56 Å². The van der Waals surface area contributed by atoms with Crippen molar-refractivity contribution in [1.82, 2.24) is 0 Å². The van der Waals surface area contributed by atoms with Gasteiger partial charge >= 0.3 is 10.1 Å². The van der Waals surface area contributed by atoms with Gasteiger partial charge in [0.1, 0.15) is 28.8 Å². The Bertz CT molecular complexity index is 1080.